The molecule has 0 spiro atoms. The Kier molecular flexibility index (Phi) is 5.03. The predicted molar refractivity (Wildman–Crippen MR) is 86.8 cm³/mol. The van der Waals surface area contributed by atoms with Crippen molar-refractivity contribution in [1.29, 1.82) is 0 Å². The Morgan fingerprint density at radius 3 is 3.00 bits per heavy atom. The number of aromatic nitrogens is 1. The van der Waals surface area contributed by atoms with Crippen LogP contribution in [0.4, 0.5) is 4.79 Å². The third-order valence-corrected chi connectivity index (χ3v) is 4.33. The lowest BCUT2D eigenvalue weighted by atomic mass is 10.1. The van der Waals surface area contributed by atoms with E-state index < -0.39 is 0 Å². The molecule has 3 rings (SSSR count). The monoisotopic (exact) mass is 317 g/mol. The molecule has 0 radical (unpaired) electrons. The largest absolute Gasteiger partial charge is 0.381 e. The molecule has 116 valence electrons. The molecule has 6 heteroatoms. The third-order valence-electron chi connectivity index (χ3n) is 3.65. The summed E-state index contributed by atoms with van der Waals surface area (Å²) < 4.78 is 5.28. The number of nitrogens with zero attached hydrogens (tertiary/aromatic N) is 1. The Hall–Kier alpha value is -1.92. The fourth-order valence-corrected chi connectivity index (χ4v) is 3.06. The van der Waals surface area contributed by atoms with Crippen LogP contribution in [0, 0.1) is 0 Å². The first-order chi connectivity index (χ1) is 10.8. The van der Waals surface area contributed by atoms with Gasteiger partial charge >= 0.3 is 6.03 Å². The standard InChI is InChI=1S/C16H19N3O2S/c20-16(19-14-2-6-21-7-3-14)18-10-12-1-5-17-15(9-12)13-4-8-22-11-13/h1,4-5,8-9,11,14H,2-3,6-7,10H2,(H2,18,19,20). The number of hydrogen-bond donors (Lipinski definition) is 2. The van der Waals surface area contributed by atoms with E-state index in [1.165, 1.54) is 0 Å². The summed E-state index contributed by atoms with van der Waals surface area (Å²) in [6, 6.07) is 6.07. The van der Waals surface area contributed by atoms with E-state index in [0.29, 0.717) is 6.54 Å². The second-order valence-electron chi connectivity index (χ2n) is 5.28. The van der Waals surface area contributed by atoms with Gasteiger partial charge in [-0.25, -0.2) is 4.79 Å². The van der Waals surface area contributed by atoms with Gasteiger partial charge in [0.2, 0.25) is 0 Å². The highest BCUT2D eigenvalue weighted by Gasteiger charge is 2.15. The van der Waals surface area contributed by atoms with Gasteiger partial charge < -0.3 is 15.4 Å². The molecule has 2 aromatic rings. The van der Waals surface area contributed by atoms with Crippen molar-refractivity contribution in [2.45, 2.75) is 25.4 Å². The lowest BCUT2D eigenvalue weighted by Crippen LogP contribution is -2.44. The number of ether oxygens (including phenoxy) is 1. The van der Waals surface area contributed by atoms with E-state index >= 15 is 0 Å². The number of amides is 2. The average molecular weight is 317 g/mol. The van der Waals surface area contributed by atoms with Gasteiger partial charge in [-0.15, -0.1) is 0 Å². The molecule has 22 heavy (non-hydrogen) atoms. The van der Waals surface area contributed by atoms with Crippen molar-refractivity contribution in [2.24, 2.45) is 0 Å². The summed E-state index contributed by atoms with van der Waals surface area (Å²) in [7, 11) is 0. The SMILES string of the molecule is O=C(NCc1ccnc(-c2ccsc2)c1)NC1CCOCC1. The van der Waals surface area contributed by atoms with E-state index in [0.717, 1.165) is 42.9 Å². The van der Waals surface area contributed by atoms with Gasteiger partial charge in [0.15, 0.2) is 0 Å². The smallest absolute Gasteiger partial charge is 0.315 e. The molecule has 0 bridgehead atoms. The predicted octanol–water partition coefficient (Wildman–Crippen LogP) is 2.79. The Morgan fingerprint density at radius 1 is 1.36 bits per heavy atom. The number of carbonyl (C=O) groups is 1. The van der Waals surface area contributed by atoms with Crippen molar-refractivity contribution in [1.82, 2.24) is 15.6 Å². The number of carbonyl (C=O) groups excluding carboxylic acids is 1. The van der Waals surface area contributed by atoms with Crippen LogP contribution in [0.1, 0.15) is 18.4 Å². The summed E-state index contributed by atoms with van der Waals surface area (Å²) in [4.78, 5) is 16.3. The van der Waals surface area contributed by atoms with Gasteiger partial charge in [-0.3, -0.25) is 4.98 Å². The first-order valence-electron chi connectivity index (χ1n) is 7.41. The molecule has 3 heterocycles. The molecule has 0 aliphatic carbocycles. The second-order valence-corrected chi connectivity index (χ2v) is 6.06. The Bertz CT molecular complexity index is 610. The molecule has 1 fully saturated rings. The average Bonchev–Trinajstić information content (AvgIpc) is 3.09. The molecule has 0 aromatic carbocycles. The molecule has 1 saturated heterocycles. The van der Waals surface area contributed by atoms with Gasteiger partial charge in [-0.2, -0.15) is 11.3 Å². The molecule has 1 aliphatic heterocycles. The summed E-state index contributed by atoms with van der Waals surface area (Å²) in [6.07, 6.45) is 3.54. The highest BCUT2D eigenvalue weighted by Crippen LogP contribution is 2.20. The molecule has 1 aliphatic rings. The third kappa shape index (κ3) is 4.05. The summed E-state index contributed by atoms with van der Waals surface area (Å²) in [5, 5.41) is 9.99. The van der Waals surface area contributed by atoms with Crippen molar-refractivity contribution < 1.29 is 9.53 Å². The van der Waals surface area contributed by atoms with Crippen LogP contribution < -0.4 is 10.6 Å². The van der Waals surface area contributed by atoms with Crippen LogP contribution in [0.5, 0.6) is 0 Å². The van der Waals surface area contributed by atoms with Crippen molar-refractivity contribution >= 4 is 17.4 Å². The van der Waals surface area contributed by atoms with Crippen LogP contribution in [0.2, 0.25) is 0 Å². The van der Waals surface area contributed by atoms with Gasteiger partial charge in [-0.05, 0) is 42.0 Å². The number of hydrogen-bond acceptors (Lipinski definition) is 4. The van der Waals surface area contributed by atoms with E-state index in [1.807, 2.05) is 23.6 Å². The Balaban J connectivity index is 1.52. The molecule has 2 N–H and O–H groups in total. The lowest BCUT2D eigenvalue weighted by molar-refractivity contribution is 0.0801. The fraction of sp³-hybridized carbons (Fsp3) is 0.375. The normalized spacial score (nSPS) is 15.5. The Morgan fingerprint density at radius 2 is 2.23 bits per heavy atom. The van der Waals surface area contributed by atoms with Crippen LogP contribution in [-0.2, 0) is 11.3 Å². The van der Waals surface area contributed by atoms with E-state index in [2.05, 4.69) is 21.0 Å². The number of thiophene rings is 1. The van der Waals surface area contributed by atoms with Crippen molar-refractivity contribution in [3.63, 3.8) is 0 Å². The van der Waals surface area contributed by atoms with Crippen LogP contribution in [0.25, 0.3) is 11.3 Å². The maximum Gasteiger partial charge on any atom is 0.315 e. The van der Waals surface area contributed by atoms with Crippen molar-refractivity contribution in [3.05, 3.63) is 40.7 Å². The van der Waals surface area contributed by atoms with E-state index in [1.54, 1.807) is 17.5 Å². The molecule has 5 nitrogen and oxygen atoms in total. The molecular formula is C16H19N3O2S. The minimum absolute atomic E-state index is 0.124. The summed E-state index contributed by atoms with van der Waals surface area (Å²) >= 11 is 1.65. The minimum Gasteiger partial charge on any atom is -0.381 e. The second kappa shape index (κ2) is 7.38. The molecule has 0 unspecified atom stereocenters. The van der Waals surface area contributed by atoms with Crippen LogP contribution >= 0.6 is 11.3 Å². The molecule has 0 atom stereocenters. The quantitative estimate of drug-likeness (QED) is 0.911. The molecule has 2 amide bonds. The van der Waals surface area contributed by atoms with Crippen LogP contribution in [0.15, 0.2) is 35.2 Å². The number of urea groups is 1. The topological polar surface area (TPSA) is 63.2 Å². The summed E-state index contributed by atoms with van der Waals surface area (Å²) in [5.74, 6) is 0. The van der Waals surface area contributed by atoms with Gasteiger partial charge in [0.1, 0.15) is 0 Å². The van der Waals surface area contributed by atoms with Gasteiger partial charge in [-0.1, -0.05) is 0 Å². The first-order valence-corrected chi connectivity index (χ1v) is 8.35. The number of nitrogens with one attached hydrogen (secondary N) is 2. The number of pyridine rings is 1. The van der Waals surface area contributed by atoms with E-state index in [-0.39, 0.29) is 12.1 Å². The van der Waals surface area contributed by atoms with Crippen molar-refractivity contribution in [3.8, 4) is 11.3 Å². The molecule has 0 saturated carbocycles. The zero-order valence-electron chi connectivity index (χ0n) is 12.2. The van der Waals surface area contributed by atoms with Gasteiger partial charge in [0, 0.05) is 42.9 Å². The molecule has 2 aromatic heterocycles. The van der Waals surface area contributed by atoms with Gasteiger partial charge in [0.25, 0.3) is 0 Å². The zero-order valence-corrected chi connectivity index (χ0v) is 13.1. The highest BCUT2D eigenvalue weighted by molar-refractivity contribution is 7.08. The number of rotatable bonds is 4. The first kappa shape index (κ1) is 15.0. The van der Waals surface area contributed by atoms with Crippen LogP contribution in [0.3, 0.4) is 0 Å². The van der Waals surface area contributed by atoms with Gasteiger partial charge in [0.05, 0.1) is 5.69 Å². The maximum atomic E-state index is 11.9. The van der Waals surface area contributed by atoms with E-state index in [9.17, 15) is 4.79 Å². The highest BCUT2D eigenvalue weighted by atomic mass is 32.1. The summed E-state index contributed by atoms with van der Waals surface area (Å²) in [5.41, 5.74) is 3.09. The molecular weight excluding hydrogens is 298 g/mol. The van der Waals surface area contributed by atoms with E-state index in [4.69, 9.17) is 4.74 Å². The lowest BCUT2D eigenvalue weighted by Gasteiger charge is -2.23. The zero-order chi connectivity index (χ0) is 15.2. The van der Waals surface area contributed by atoms with Crippen molar-refractivity contribution in [2.75, 3.05) is 13.2 Å². The van der Waals surface area contributed by atoms with Crippen LogP contribution in [-0.4, -0.2) is 30.3 Å². The Labute approximate surface area is 133 Å². The fourth-order valence-electron chi connectivity index (χ4n) is 2.41. The maximum absolute atomic E-state index is 11.9. The minimum atomic E-state index is -0.124. The summed E-state index contributed by atoms with van der Waals surface area (Å²) in [6.45, 7) is 1.94.